The van der Waals surface area contributed by atoms with Crippen LogP contribution >= 0.6 is 0 Å². The quantitative estimate of drug-likeness (QED) is 0.683. The first-order chi connectivity index (χ1) is 15.2. The summed E-state index contributed by atoms with van der Waals surface area (Å²) in [6.45, 7) is 3.48. The molecule has 4 atom stereocenters. The van der Waals surface area contributed by atoms with E-state index in [1.807, 2.05) is 0 Å². The van der Waals surface area contributed by atoms with Gasteiger partial charge in [0, 0.05) is 18.3 Å². The molecular formula is C22H23N3O6S. The maximum Gasteiger partial charge on any atom is 0.261 e. The molecule has 1 aromatic carbocycles. The highest BCUT2D eigenvalue weighted by molar-refractivity contribution is 7.92. The topological polar surface area (TPSA) is 115 Å². The van der Waals surface area contributed by atoms with Crippen molar-refractivity contribution >= 4 is 27.5 Å². The summed E-state index contributed by atoms with van der Waals surface area (Å²) in [7, 11) is -3.72. The second-order valence-electron chi connectivity index (χ2n) is 8.77. The molecule has 3 aliphatic rings. The molecule has 2 amide bonds. The van der Waals surface area contributed by atoms with Crippen LogP contribution in [0.2, 0.25) is 0 Å². The van der Waals surface area contributed by atoms with Crippen LogP contribution in [0.4, 0.5) is 5.69 Å². The predicted molar refractivity (Wildman–Crippen MR) is 114 cm³/mol. The lowest BCUT2D eigenvalue weighted by atomic mass is 10.1. The minimum absolute atomic E-state index is 0.227. The molecule has 10 heteroatoms. The maximum absolute atomic E-state index is 13.0. The fraction of sp³-hybridized carbons (Fsp3) is 0.409. The van der Waals surface area contributed by atoms with E-state index < -0.39 is 40.0 Å². The number of ether oxygens (including phenoxy) is 2. The molecule has 0 radical (unpaired) electrons. The molecule has 0 spiro atoms. The van der Waals surface area contributed by atoms with Crippen LogP contribution in [0, 0.1) is 5.92 Å². The van der Waals surface area contributed by atoms with Gasteiger partial charge in [-0.05, 0) is 44.5 Å². The van der Waals surface area contributed by atoms with Gasteiger partial charge in [0.15, 0.2) is 5.79 Å². The molecule has 0 bridgehead atoms. The molecule has 5 rings (SSSR count). The number of carbonyl (C=O) groups excluding carboxylic acids is 2. The second kappa shape index (κ2) is 7.36. The van der Waals surface area contributed by atoms with E-state index >= 15 is 0 Å². The van der Waals surface area contributed by atoms with Gasteiger partial charge in [0.2, 0.25) is 10.0 Å². The number of anilines is 1. The van der Waals surface area contributed by atoms with E-state index in [9.17, 15) is 18.0 Å². The van der Waals surface area contributed by atoms with Gasteiger partial charge in [-0.3, -0.25) is 24.2 Å². The van der Waals surface area contributed by atoms with E-state index in [1.165, 1.54) is 17.3 Å². The molecule has 168 valence electrons. The molecule has 1 aromatic heterocycles. The smallest absolute Gasteiger partial charge is 0.261 e. The van der Waals surface area contributed by atoms with Gasteiger partial charge in [0.05, 0.1) is 34.7 Å². The molecule has 1 aliphatic carbocycles. The number of rotatable bonds is 5. The van der Waals surface area contributed by atoms with Gasteiger partial charge < -0.3 is 9.47 Å². The highest BCUT2D eigenvalue weighted by Crippen LogP contribution is 2.45. The van der Waals surface area contributed by atoms with Gasteiger partial charge in [0.25, 0.3) is 11.8 Å². The number of benzene rings is 1. The Bertz CT molecular complexity index is 1150. The van der Waals surface area contributed by atoms with Crippen molar-refractivity contribution in [1.29, 1.82) is 0 Å². The number of pyridine rings is 1. The van der Waals surface area contributed by atoms with Crippen molar-refractivity contribution in [3.63, 3.8) is 0 Å². The number of nitrogens with zero attached hydrogens (tertiary/aromatic N) is 2. The van der Waals surface area contributed by atoms with Crippen LogP contribution in [0.3, 0.4) is 0 Å². The van der Waals surface area contributed by atoms with Crippen molar-refractivity contribution in [2.24, 2.45) is 5.92 Å². The Labute approximate surface area is 185 Å². The minimum atomic E-state index is -3.72. The molecule has 1 saturated carbocycles. The Morgan fingerprint density at radius 1 is 1.03 bits per heavy atom. The Balaban J connectivity index is 1.42. The normalized spacial score (nSPS) is 28.6. The number of nitrogens with one attached hydrogen (secondary N) is 1. The van der Waals surface area contributed by atoms with Crippen LogP contribution < -0.4 is 4.72 Å². The first-order valence-corrected chi connectivity index (χ1v) is 12.0. The number of sulfonamides is 1. The van der Waals surface area contributed by atoms with E-state index in [1.54, 1.807) is 50.2 Å². The van der Waals surface area contributed by atoms with Crippen molar-refractivity contribution in [3.8, 4) is 0 Å². The average molecular weight is 458 g/mol. The van der Waals surface area contributed by atoms with Crippen LogP contribution in [-0.4, -0.2) is 59.9 Å². The Morgan fingerprint density at radius 3 is 2.25 bits per heavy atom. The number of hydrogen-bond donors (Lipinski definition) is 1. The average Bonchev–Trinajstić information content (AvgIpc) is 3.30. The molecule has 0 unspecified atom stereocenters. The molecule has 9 nitrogen and oxygen atoms in total. The zero-order valence-corrected chi connectivity index (χ0v) is 18.4. The van der Waals surface area contributed by atoms with Crippen LogP contribution in [-0.2, 0) is 19.5 Å². The summed E-state index contributed by atoms with van der Waals surface area (Å²) in [6, 6.07) is 9.18. The highest BCUT2D eigenvalue weighted by atomic mass is 32.2. The lowest BCUT2D eigenvalue weighted by molar-refractivity contribution is -0.160. The number of fused-ring (bicyclic) bond motifs is 2. The fourth-order valence-corrected chi connectivity index (χ4v) is 6.37. The highest BCUT2D eigenvalue weighted by Gasteiger charge is 2.59. The van der Waals surface area contributed by atoms with Crippen LogP contribution in [0.25, 0.3) is 0 Å². The summed E-state index contributed by atoms with van der Waals surface area (Å²) in [4.78, 5) is 31.2. The second-order valence-corrected chi connectivity index (χ2v) is 10.5. The largest absolute Gasteiger partial charge is 0.344 e. The molecule has 2 aliphatic heterocycles. The summed E-state index contributed by atoms with van der Waals surface area (Å²) < 4.78 is 40.4. The summed E-state index contributed by atoms with van der Waals surface area (Å²) in [5.74, 6) is -2.42. The summed E-state index contributed by atoms with van der Waals surface area (Å²) in [5, 5.41) is 0. The SMILES string of the molecule is CC1(C)O[C@@H]2[C@@H](CS(=O)(=O)Nc3ccncc3)C[C@@H](N3C(=O)c4ccccc4C3=O)[C@@H]2O1. The maximum atomic E-state index is 13.0. The Kier molecular flexibility index (Phi) is 4.84. The van der Waals surface area contributed by atoms with Gasteiger partial charge in [-0.2, -0.15) is 0 Å². The third kappa shape index (κ3) is 3.58. The predicted octanol–water partition coefficient (Wildman–Crippen LogP) is 2.03. The number of aromatic nitrogens is 1. The number of amides is 2. The standard InChI is InChI=1S/C22H23N3O6S/c1-22(2)30-18-13(12-32(28,29)24-14-7-9-23-10-8-14)11-17(19(18)31-22)25-20(26)15-5-3-4-6-16(15)21(25)27/h3-10,13,17-19H,11-12H2,1-2H3,(H,23,24)/t13-,17-,18-,19+/m1/s1. The Morgan fingerprint density at radius 2 is 1.62 bits per heavy atom. The molecule has 2 fully saturated rings. The fourth-order valence-electron chi connectivity index (χ4n) is 4.91. The van der Waals surface area contributed by atoms with Crippen molar-refractivity contribution < 1.29 is 27.5 Å². The molecule has 2 aromatic rings. The van der Waals surface area contributed by atoms with Gasteiger partial charge in [-0.1, -0.05) is 12.1 Å². The molecule has 1 saturated heterocycles. The first kappa shape index (κ1) is 21.0. The monoisotopic (exact) mass is 457 g/mol. The zero-order chi connectivity index (χ0) is 22.7. The van der Waals surface area contributed by atoms with Crippen molar-refractivity contribution in [1.82, 2.24) is 9.88 Å². The van der Waals surface area contributed by atoms with E-state index in [0.717, 1.165) is 0 Å². The van der Waals surface area contributed by atoms with Gasteiger partial charge in [-0.25, -0.2) is 8.42 Å². The van der Waals surface area contributed by atoms with E-state index in [0.29, 0.717) is 16.8 Å². The third-order valence-corrected chi connectivity index (χ3v) is 7.51. The van der Waals surface area contributed by atoms with Crippen molar-refractivity contribution in [3.05, 3.63) is 59.9 Å². The summed E-state index contributed by atoms with van der Waals surface area (Å²) in [5.41, 5.74) is 1.11. The number of carbonyl (C=O) groups is 2. The summed E-state index contributed by atoms with van der Waals surface area (Å²) >= 11 is 0. The minimum Gasteiger partial charge on any atom is -0.344 e. The molecule has 32 heavy (non-hydrogen) atoms. The molecular weight excluding hydrogens is 434 g/mol. The Hall–Kier alpha value is -2.82. The lowest BCUT2D eigenvalue weighted by Gasteiger charge is -2.28. The zero-order valence-electron chi connectivity index (χ0n) is 17.6. The number of hydrogen-bond acceptors (Lipinski definition) is 7. The van der Waals surface area contributed by atoms with Gasteiger partial charge >= 0.3 is 0 Å². The van der Waals surface area contributed by atoms with Crippen LogP contribution in [0.5, 0.6) is 0 Å². The molecule has 3 heterocycles. The van der Waals surface area contributed by atoms with Crippen LogP contribution in [0.15, 0.2) is 48.8 Å². The van der Waals surface area contributed by atoms with E-state index in [-0.39, 0.29) is 24.0 Å². The lowest BCUT2D eigenvalue weighted by Crippen LogP contribution is -2.46. The van der Waals surface area contributed by atoms with E-state index in [4.69, 9.17) is 9.47 Å². The van der Waals surface area contributed by atoms with Gasteiger partial charge in [-0.15, -0.1) is 0 Å². The van der Waals surface area contributed by atoms with Gasteiger partial charge in [0.1, 0.15) is 6.10 Å². The van der Waals surface area contributed by atoms with Crippen molar-refractivity contribution in [2.45, 2.75) is 44.3 Å². The summed E-state index contributed by atoms with van der Waals surface area (Å²) in [6.07, 6.45) is 2.10. The van der Waals surface area contributed by atoms with E-state index in [2.05, 4.69) is 9.71 Å². The molecule has 1 N–H and O–H groups in total. The first-order valence-electron chi connectivity index (χ1n) is 10.4. The third-order valence-electron chi connectivity index (χ3n) is 6.10. The number of imide groups is 1. The van der Waals surface area contributed by atoms with Crippen LogP contribution in [0.1, 0.15) is 41.0 Å². The van der Waals surface area contributed by atoms with Crippen molar-refractivity contribution in [2.75, 3.05) is 10.5 Å².